The molecule has 0 saturated heterocycles. The fourth-order valence-corrected chi connectivity index (χ4v) is 2.05. The Hall–Kier alpha value is -2.11. The Morgan fingerprint density at radius 2 is 2.14 bits per heavy atom. The van der Waals surface area contributed by atoms with Gasteiger partial charge in [-0.25, -0.2) is 0 Å². The van der Waals surface area contributed by atoms with Crippen LogP contribution in [0.25, 0.3) is 0 Å². The summed E-state index contributed by atoms with van der Waals surface area (Å²) in [6, 6.07) is 8.86. The van der Waals surface area contributed by atoms with Gasteiger partial charge in [-0.3, -0.25) is 9.78 Å². The first kappa shape index (κ1) is 16.3. The van der Waals surface area contributed by atoms with Gasteiger partial charge in [0.1, 0.15) is 5.69 Å². The van der Waals surface area contributed by atoms with Gasteiger partial charge in [-0.15, -0.1) is 0 Å². The van der Waals surface area contributed by atoms with Gasteiger partial charge >= 0.3 is 0 Å². The summed E-state index contributed by atoms with van der Waals surface area (Å²) >= 11 is 5.95. The lowest BCUT2D eigenvalue weighted by molar-refractivity contribution is 0.102. The largest absolute Gasteiger partial charge is 0.383 e. The van der Waals surface area contributed by atoms with Crippen LogP contribution < -0.4 is 10.6 Å². The maximum Gasteiger partial charge on any atom is 0.274 e. The van der Waals surface area contributed by atoms with Crippen molar-refractivity contribution in [3.8, 4) is 0 Å². The molecule has 0 spiro atoms. The molecule has 1 heterocycles. The third kappa shape index (κ3) is 4.44. The molecule has 1 amide bonds. The maximum absolute atomic E-state index is 12.3. The van der Waals surface area contributed by atoms with Gasteiger partial charge in [-0.05, 0) is 36.8 Å². The van der Waals surface area contributed by atoms with Crippen LogP contribution in [-0.4, -0.2) is 31.2 Å². The monoisotopic (exact) mass is 319 g/mol. The summed E-state index contributed by atoms with van der Waals surface area (Å²) in [4.78, 5) is 16.4. The minimum Gasteiger partial charge on any atom is -0.383 e. The van der Waals surface area contributed by atoms with E-state index in [9.17, 15) is 4.79 Å². The Bertz CT molecular complexity index is 662. The molecule has 2 rings (SSSR count). The van der Waals surface area contributed by atoms with Crippen LogP contribution in [-0.2, 0) is 4.74 Å². The van der Waals surface area contributed by atoms with Crippen LogP contribution >= 0.6 is 11.6 Å². The van der Waals surface area contributed by atoms with Crippen molar-refractivity contribution >= 4 is 28.9 Å². The number of anilines is 2. The molecule has 2 N–H and O–H groups in total. The standard InChI is InChI=1S/C16H18ClN3O2/c1-11-3-4-12(17)9-14(11)20-16(21)15-10-13(5-6-19-15)18-7-8-22-2/h3-6,9-10H,7-8H2,1-2H3,(H,18,19)(H,20,21). The molecular formula is C16H18ClN3O2. The fraction of sp³-hybridized carbons (Fsp3) is 0.250. The minimum atomic E-state index is -0.277. The maximum atomic E-state index is 12.3. The lowest BCUT2D eigenvalue weighted by atomic mass is 10.2. The van der Waals surface area contributed by atoms with Crippen molar-refractivity contribution in [3.05, 3.63) is 52.8 Å². The average molecular weight is 320 g/mol. The van der Waals surface area contributed by atoms with Gasteiger partial charge in [-0.2, -0.15) is 0 Å². The molecule has 2 aromatic rings. The van der Waals surface area contributed by atoms with Gasteiger partial charge in [0.15, 0.2) is 0 Å². The number of hydrogen-bond donors (Lipinski definition) is 2. The zero-order valence-corrected chi connectivity index (χ0v) is 13.3. The molecular weight excluding hydrogens is 302 g/mol. The summed E-state index contributed by atoms with van der Waals surface area (Å²) in [5.74, 6) is -0.277. The first-order valence-corrected chi connectivity index (χ1v) is 7.24. The molecule has 0 aliphatic rings. The van der Waals surface area contributed by atoms with Gasteiger partial charge in [0.05, 0.1) is 6.61 Å². The number of hydrogen-bond acceptors (Lipinski definition) is 4. The summed E-state index contributed by atoms with van der Waals surface area (Å²) < 4.78 is 4.97. The van der Waals surface area contributed by atoms with E-state index < -0.39 is 0 Å². The van der Waals surface area contributed by atoms with Crippen molar-refractivity contribution in [1.82, 2.24) is 4.98 Å². The smallest absolute Gasteiger partial charge is 0.274 e. The van der Waals surface area contributed by atoms with E-state index in [1.165, 1.54) is 0 Å². The highest BCUT2D eigenvalue weighted by atomic mass is 35.5. The van der Waals surface area contributed by atoms with E-state index in [4.69, 9.17) is 16.3 Å². The lowest BCUT2D eigenvalue weighted by Crippen LogP contribution is -2.15. The number of benzene rings is 1. The number of carbonyl (C=O) groups is 1. The first-order valence-electron chi connectivity index (χ1n) is 6.86. The van der Waals surface area contributed by atoms with Crippen molar-refractivity contribution in [2.45, 2.75) is 6.92 Å². The van der Waals surface area contributed by atoms with E-state index in [0.717, 1.165) is 11.3 Å². The summed E-state index contributed by atoms with van der Waals surface area (Å²) in [5, 5.41) is 6.56. The van der Waals surface area contributed by atoms with Crippen LogP contribution in [0.2, 0.25) is 5.02 Å². The Morgan fingerprint density at radius 3 is 2.91 bits per heavy atom. The van der Waals surface area contributed by atoms with E-state index >= 15 is 0 Å². The third-order valence-corrected chi connectivity index (χ3v) is 3.31. The van der Waals surface area contributed by atoms with Crippen molar-refractivity contribution in [3.63, 3.8) is 0 Å². The molecule has 6 heteroatoms. The Morgan fingerprint density at radius 1 is 1.32 bits per heavy atom. The van der Waals surface area contributed by atoms with Gasteiger partial charge in [0.25, 0.3) is 5.91 Å². The zero-order valence-electron chi connectivity index (χ0n) is 12.5. The molecule has 1 aromatic carbocycles. The van der Waals surface area contributed by atoms with E-state index in [0.29, 0.717) is 29.6 Å². The van der Waals surface area contributed by atoms with E-state index in [1.54, 1.807) is 37.6 Å². The van der Waals surface area contributed by atoms with E-state index in [-0.39, 0.29) is 5.91 Å². The number of aryl methyl sites for hydroxylation is 1. The Balaban J connectivity index is 2.09. The predicted octanol–water partition coefficient (Wildman–Crippen LogP) is 3.35. The highest BCUT2D eigenvalue weighted by Gasteiger charge is 2.10. The number of ether oxygens (including phenoxy) is 1. The van der Waals surface area contributed by atoms with Crippen molar-refractivity contribution in [2.24, 2.45) is 0 Å². The second kappa shape index (κ2) is 7.77. The molecule has 0 saturated carbocycles. The van der Waals surface area contributed by atoms with Gasteiger partial charge in [-0.1, -0.05) is 17.7 Å². The molecule has 0 unspecified atom stereocenters. The van der Waals surface area contributed by atoms with Crippen LogP contribution in [0.4, 0.5) is 11.4 Å². The number of amides is 1. The van der Waals surface area contributed by atoms with Crippen molar-refractivity contribution < 1.29 is 9.53 Å². The van der Waals surface area contributed by atoms with Crippen molar-refractivity contribution in [2.75, 3.05) is 30.9 Å². The topological polar surface area (TPSA) is 63.2 Å². The Kier molecular flexibility index (Phi) is 5.75. The van der Waals surface area contributed by atoms with Gasteiger partial charge in [0, 0.05) is 36.2 Å². The number of nitrogens with one attached hydrogen (secondary N) is 2. The number of methoxy groups -OCH3 is 1. The molecule has 0 aliphatic carbocycles. The normalized spacial score (nSPS) is 10.3. The zero-order chi connectivity index (χ0) is 15.9. The van der Waals surface area contributed by atoms with Crippen LogP contribution in [0.5, 0.6) is 0 Å². The number of nitrogens with zero attached hydrogens (tertiary/aromatic N) is 1. The fourth-order valence-electron chi connectivity index (χ4n) is 1.88. The molecule has 0 fully saturated rings. The molecule has 5 nitrogen and oxygen atoms in total. The lowest BCUT2D eigenvalue weighted by Gasteiger charge is -2.10. The van der Waals surface area contributed by atoms with E-state index in [2.05, 4.69) is 15.6 Å². The quantitative estimate of drug-likeness (QED) is 0.801. The van der Waals surface area contributed by atoms with Crippen LogP contribution in [0.1, 0.15) is 16.1 Å². The number of carbonyl (C=O) groups excluding carboxylic acids is 1. The molecule has 116 valence electrons. The molecule has 0 atom stereocenters. The van der Waals surface area contributed by atoms with Gasteiger partial charge < -0.3 is 15.4 Å². The summed E-state index contributed by atoms with van der Waals surface area (Å²) in [6.45, 7) is 3.16. The second-order valence-electron chi connectivity index (χ2n) is 4.76. The molecule has 0 radical (unpaired) electrons. The Labute approximate surface area is 134 Å². The van der Waals surface area contributed by atoms with Crippen LogP contribution in [0, 0.1) is 6.92 Å². The minimum absolute atomic E-state index is 0.277. The second-order valence-corrected chi connectivity index (χ2v) is 5.20. The number of halogens is 1. The summed E-state index contributed by atoms with van der Waals surface area (Å²) in [5.41, 5.74) is 2.77. The van der Waals surface area contributed by atoms with Crippen LogP contribution in [0.15, 0.2) is 36.5 Å². The SMILES string of the molecule is COCCNc1ccnc(C(=O)Nc2cc(Cl)ccc2C)c1. The predicted molar refractivity (Wildman–Crippen MR) is 88.7 cm³/mol. The third-order valence-electron chi connectivity index (χ3n) is 3.08. The van der Waals surface area contributed by atoms with Crippen molar-refractivity contribution in [1.29, 1.82) is 0 Å². The number of rotatable bonds is 6. The summed E-state index contributed by atoms with van der Waals surface area (Å²) in [7, 11) is 1.64. The molecule has 1 aromatic heterocycles. The number of pyridine rings is 1. The highest BCUT2D eigenvalue weighted by Crippen LogP contribution is 2.21. The highest BCUT2D eigenvalue weighted by molar-refractivity contribution is 6.31. The number of aromatic nitrogens is 1. The average Bonchev–Trinajstić information content (AvgIpc) is 2.51. The molecule has 0 bridgehead atoms. The van der Waals surface area contributed by atoms with Gasteiger partial charge in [0.2, 0.25) is 0 Å². The first-order chi connectivity index (χ1) is 10.6. The van der Waals surface area contributed by atoms with Crippen LogP contribution in [0.3, 0.4) is 0 Å². The molecule has 0 aliphatic heterocycles. The molecule has 22 heavy (non-hydrogen) atoms. The summed E-state index contributed by atoms with van der Waals surface area (Å²) in [6.07, 6.45) is 1.59. The van der Waals surface area contributed by atoms with E-state index in [1.807, 2.05) is 13.0 Å².